The standard InChI is InChI=1S/C20H18Cl2N2O3S/c1-13-5-7-16(8-6-13)27-17-4-2-3-14(9-17)12-24-28(25,26)20-18(22)10-15(21)11-19(20)23/h2-11,24H,12,23H2,1H3. The van der Waals surface area contributed by atoms with Crippen molar-refractivity contribution < 1.29 is 13.2 Å². The molecule has 0 aliphatic carbocycles. The van der Waals surface area contributed by atoms with E-state index in [0.29, 0.717) is 11.5 Å². The Bertz CT molecular complexity index is 1080. The Morgan fingerprint density at radius 2 is 1.71 bits per heavy atom. The number of nitrogens with one attached hydrogen (secondary N) is 1. The summed E-state index contributed by atoms with van der Waals surface area (Å²) in [5.41, 5.74) is 7.63. The van der Waals surface area contributed by atoms with Crippen molar-refractivity contribution in [2.24, 2.45) is 0 Å². The van der Waals surface area contributed by atoms with Crippen LogP contribution in [-0.4, -0.2) is 8.42 Å². The van der Waals surface area contributed by atoms with E-state index in [2.05, 4.69) is 4.72 Å². The van der Waals surface area contributed by atoms with E-state index in [4.69, 9.17) is 33.7 Å². The molecule has 0 bridgehead atoms. The van der Waals surface area contributed by atoms with Crippen LogP contribution >= 0.6 is 23.2 Å². The van der Waals surface area contributed by atoms with Crippen LogP contribution in [0.5, 0.6) is 11.5 Å². The highest BCUT2D eigenvalue weighted by atomic mass is 35.5. The Balaban J connectivity index is 1.75. The molecule has 0 aliphatic rings. The van der Waals surface area contributed by atoms with Crippen molar-refractivity contribution in [3.8, 4) is 11.5 Å². The maximum Gasteiger partial charge on any atom is 0.244 e. The van der Waals surface area contributed by atoms with Gasteiger partial charge in [-0.3, -0.25) is 0 Å². The van der Waals surface area contributed by atoms with Gasteiger partial charge in [-0.25, -0.2) is 13.1 Å². The van der Waals surface area contributed by atoms with Crippen molar-refractivity contribution in [3.05, 3.63) is 81.8 Å². The average Bonchev–Trinajstić information content (AvgIpc) is 2.61. The molecule has 28 heavy (non-hydrogen) atoms. The van der Waals surface area contributed by atoms with Gasteiger partial charge in [0.1, 0.15) is 16.4 Å². The van der Waals surface area contributed by atoms with Crippen LogP contribution < -0.4 is 15.2 Å². The molecule has 0 heterocycles. The van der Waals surface area contributed by atoms with Gasteiger partial charge in [-0.1, -0.05) is 53.0 Å². The molecule has 3 aromatic carbocycles. The van der Waals surface area contributed by atoms with Gasteiger partial charge < -0.3 is 10.5 Å². The van der Waals surface area contributed by atoms with Crippen LogP contribution in [0.15, 0.2) is 65.6 Å². The molecule has 0 unspecified atom stereocenters. The highest BCUT2D eigenvalue weighted by Crippen LogP contribution is 2.31. The predicted octanol–water partition coefficient (Wildman–Crippen LogP) is 5.15. The van der Waals surface area contributed by atoms with Crippen LogP contribution in [0.3, 0.4) is 0 Å². The number of nitrogens with two attached hydrogens (primary N) is 1. The van der Waals surface area contributed by atoms with Crippen molar-refractivity contribution >= 4 is 38.9 Å². The first-order chi connectivity index (χ1) is 13.2. The molecular formula is C20H18Cl2N2O3S. The summed E-state index contributed by atoms with van der Waals surface area (Å²) in [6, 6.07) is 17.5. The van der Waals surface area contributed by atoms with Gasteiger partial charge >= 0.3 is 0 Å². The van der Waals surface area contributed by atoms with Crippen LogP contribution in [-0.2, 0) is 16.6 Å². The number of hydrogen-bond acceptors (Lipinski definition) is 4. The number of rotatable bonds is 6. The Hall–Kier alpha value is -2.25. The highest BCUT2D eigenvalue weighted by molar-refractivity contribution is 7.89. The molecule has 0 saturated carbocycles. The van der Waals surface area contributed by atoms with Crippen LogP contribution in [0.1, 0.15) is 11.1 Å². The second-order valence-electron chi connectivity index (χ2n) is 6.19. The molecular weight excluding hydrogens is 419 g/mol. The third-order valence-corrected chi connectivity index (χ3v) is 6.07. The highest BCUT2D eigenvalue weighted by Gasteiger charge is 2.21. The van der Waals surface area contributed by atoms with E-state index in [1.807, 2.05) is 31.2 Å². The number of anilines is 1. The van der Waals surface area contributed by atoms with E-state index in [1.54, 1.807) is 24.3 Å². The zero-order chi connectivity index (χ0) is 20.3. The minimum Gasteiger partial charge on any atom is -0.457 e. The molecule has 3 aromatic rings. The van der Waals surface area contributed by atoms with Gasteiger partial charge in [-0.15, -0.1) is 0 Å². The Kier molecular flexibility index (Phi) is 6.15. The minimum atomic E-state index is -3.92. The fourth-order valence-corrected chi connectivity index (χ4v) is 4.58. The van der Waals surface area contributed by atoms with Crippen molar-refractivity contribution in [2.45, 2.75) is 18.4 Å². The first-order valence-electron chi connectivity index (χ1n) is 8.32. The molecule has 0 fully saturated rings. The summed E-state index contributed by atoms with van der Waals surface area (Å²) in [7, 11) is -3.92. The number of ether oxygens (including phenoxy) is 1. The van der Waals surface area contributed by atoms with Crippen molar-refractivity contribution in [2.75, 3.05) is 5.73 Å². The lowest BCUT2D eigenvalue weighted by molar-refractivity contribution is 0.481. The third kappa shape index (κ3) is 4.97. The number of hydrogen-bond donors (Lipinski definition) is 2. The summed E-state index contributed by atoms with van der Waals surface area (Å²) >= 11 is 11.9. The van der Waals surface area contributed by atoms with Gasteiger partial charge in [0.2, 0.25) is 10.0 Å². The van der Waals surface area contributed by atoms with Crippen LogP contribution in [0.4, 0.5) is 5.69 Å². The van der Waals surface area contributed by atoms with E-state index >= 15 is 0 Å². The van der Waals surface area contributed by atoms with E-state index in [0.717, 1.165) is 11.1 Å². The summed E-state index contributed by atoms with van der Waals surface area (Å²) in [4.78, 5) is -0.189. The number of nitrogen functional groups attached to an aromatic ring is 1. The Morgan fingerprint density at radius 1 is 1.00 bits per heavy atom. The lowest BCUT2D eigenvalue weighted by Crippen LogP contribution is -2.24. The molecule has 8 heteroatoms. The topological polar surface area (TPSA) is 81.4 Å². The number of benzene rings is 3. The summed E-state index contributed by atoms with van der Waals surface area (Å²) in [5.74, 6) is 1.30. The molecule has 5 nitrogen and oxygen atoms in total. The lowest BCUT2D eigenvalue weighted by Gasteiger charge is -2.12. The first-order valence-corrected chi connectivity index (χ1v) is 10.6. The Labute approximate surface area is 174 Å². The predicted molar refractivity (Wildman–Crippen MR) is 113 cm³/mol. The fraction of sp³-hybridized carbons (Fsp3) is 0.100. The first kappa shape index (κ1) is 20.5. The van der Waals surface area contributed by atoms with Crippen molar-refractivity contribution in [3.63, 3.8) is 0 Å². The SMILES string of the molecule is Cc1ccc(Oc2cccc(CNS(=O)(=O)c3c(N)cc(Cl)cc3Cl)c2)cc1. The smallest absolute Gasteiger partial charge is 0.244 e. The second-order valence-corrected chi connectivity index (χ2v) is 8.74. The van der Waals surface area contributed by atoms with Crippen LogP contribution in [0.25, 0.3) is 0 Å². The molecule has 0 radical (unpaired) electrons. The third-order valence-electron chi connectivity index (χ3n) is 3.93. The number of sulfonamides is 1. The van der Waals surface area contributed by atoms with Crippen molar-refractivity contribution in [1.82, 2.24) is 4.72 Å². The monoisotopic (exact) mass is 436 g/mol. The summed E-state index contributed by atoms with van der Waals surface area (Å²) in [6.45, 7) is 2.04. The molecule has 0 aliphatic heterocycles. The molecule has 0 amide bonds. The summed E-state index contributed by atoms with van der Waals surface area (Å²) < 4.78 is 33.5. The van der Waals surface area contributed by atoms with E-state index in [1.165, 1.54) is 12.1 Å². The van der Waals surface area contributed by atoms with Gasteiger partial charge in [0, 0.05) is 11.6 Å². The molecule has 3 rings (SSSR count). The summed E-state index contributed by atoms with van der Waals surface area (Å²) in [5, 5.41) is 0.233. The van der Waals surface area contributed by atoms with Crippen LogP contribution in [0.2, 0.25) is 10.0 Å². The van der Waals surface area contributed by atoms with E-state index in [-0.39, 0.29) is 27.2 Å². The molecule has 0 saturated heterocycles. The lowest BCUT2D eigenvalue weighted by atomic mass is 10.2. The minimum absolute atomic E-state index is 0.0125. The van der Waals surface area contributed by atoms with Gasteiger partial charge in [-0.2, -0.15) is 0 Å². The maximum absolute atomic E-state index is 12.6. The zero-order valence-electron chi connectivity index (χ0n) is 14.9. The maximum atomic E-state index is 12.6. The number of halogens is 2. The number of aryl methyl sites for hydroxylation is 1. The van der Waals surface area contributed by atoms with Gasteiger partial charge in [0.25, 0.3) is 0 Å². The normalized spacial score (nSPS) is 11.4. The molecule has 146 valence electrons. The quantitative estimate of drug-likeness (QED) is 0.523. The molecule has 0 aromatic heterocycles. The van der Waals surface area contributed by atoms with E-state index in [9.17, 15) is 8.42 Å². The van der Waals surface area contributed by atoms with Crippen LogP contribution in [0, 0.1) is 6.92 Å². The second kappa shape index (κ2) is 8.41. The molecule has 0 spiro atoms. The molecule has 0 atom stereocenters. The van der Waals surface area contributed by atoms with E-state index < -0.39 is 10.0 Å². The Morgan fingerprint density at radius 3 is 2.39 bits per heavy atom. The van der Waals surface area contributed by atoms with Gasteiger partial charge in [-0.05, 0) is 48.9 Å². The zero-order valence-corrected chi connectivity index (χ0v) is 17.3. The van der Waals surface area contributed by atoms with Gasteiger partial charge in [0.15, 0.2) is 0 Å². The summed E-state index contributed by atoms with van der Waals surface area (Å²) in [6.07, 6.45) is 0. The molecule has 3 N–H and O–H groups in total. The largest absolute Gasteiger partial charge is 0.457 e. The van der Waals surface area contributed by atoms with Gasteiger partial charge in [0.05, 0.1) is 10.7 Å². The fourth-order valence-electron chi connectivity index (χ4n) is 2.58. The average molecular weight is 437 g/mol. The van der Waals surface area contributed by atoms with Crippen molar-refractivity contribution in [1.29, 1.82) is 0 Å².